The highest BCUT2D eigenvalue weighted by Crippen LogP contribution is 2.17. The van der Waals surface area contributed by atoms with Crippen molar-refractivity contribution in [2.75, 3.05) is 25.1 Å². The molecule has 0 radical (unpaired) electrons. The molecule has 35 heavy (non-hydrogen) atoms. The van der Waals surface area contributed by atoms with Crippen LogP contribution < -0.4 is 10.6 Å². The number of nitrogens with one attached hydrogen (secondary N) is 2. The Morgan fingerprint density at radius 3 is 2.57 bits per heavy atom. The van der Waals surface area contributed by atoms with E-state index in [1.165, 1.54) is 32.1 Å². The van der Waals surface area contributed by atoms with Gasteiger partial charge in [0.05, 0.1) is 0 Å². The van der Waals surface area contributed by atoms with E-state index in [1.807, 2.05) is 23.8 Å². The number of ether oxygens (including phenoxy) is 1. The lowest BCUT2D eigenvalue weighted by Crippen LogP contribution is -2.40. The van der Waals surface area contributed by atoms with Crippen molar-refractivity contribution in [3.8, 4) is 5.95 Å². The van der Waals surface area contributed by atoms with Crippen LogP contribution >= 0.6 is 0 Å². The number of aryl methyl sites for hydroxylation is 1. The summed E-state index contributed by atoms with van der Waals surface area (Å²) in [5.41, 5.74) is 0.987. The van der Waals surface area contributed by atoms with Crippen LogP contribution in [-0.2, 0) is 16.0 Å². The maximum atomic E-state index is 13.0. The minimum atomic E-state index is -0.350. The lowest BCUT2D eigenvalue weighted by atomic mass is 10.0. The Hall–Kier alpha value is -2.48. The second-order valence-corrected chi connectivity index (χ2v) is 9.54. The number of rotatable bonds is 19. The summed E-state index contributed by atoms with van der Waals surface area (Å²) in [5.74, 6) is 1.78. The van der Waals surface area contributed by atoms with Gasteiger partial charge >= 0.3 is 0 Å². The van der Waals surface area contributed by atoms with Crippen molar-refractivity contribution in [3.63, 3.8) is 0 Å². The van der Waals surface area contributed by atoms with Gasteiger partial charge in [0, 0.05) is 43.9 Å². The van der Waals surface area contributed by atoms with Crippen LogP contribution in [-0.4, -0.2) is 51.2 Å². The summed E-state index contributed by atoms with van der Waals surface area (Å²) in [6.45, 7) is 10.5. The largest absolute Gasteiger partial charge is 0.382 e. The Balaban J connectivity index is 2.10. The number of nitrogens with zero attached hydrogens (tertiary/aromatic N) is 4. The van der Waals surface area contributed by atoms with Gasteiger partial charge < -0.3 is 15.4 Å². The first-order valence-corrected chi connectivity index (χ1v) is 13.5. The number of carbonyl (C=O) groups excluding carboxylic acids is 1. The quantitative estimate of drug-likeness (QED) is 0.261. The number of carbonyl (C=O) groups is 1. The second-order valence-electron chi connectivity index (χ2n) is 9.54. The van der Waals surface area contributed by atoms with E-state index < -0.39 is 0 Å². The molecule has 2 aromatic rings. The number of hydrogen-bond acceptors (Lipinski definition) is 6. The van der Waals surface area contributed by atoms with Gasteiger partial charge in [-0.25, -0.2) is 9.97 Å². The van der Waals surface area contributed by atoms with Crippen LogP contribution in [0.1, 0.15) is 91.2 Å². The van der Waals surface area contributed by atoms with Gasteiger partial charge in [0.15, 0.2) is 0 Å². The summed E-state index contributed by atoms with van der Waals surface area (Å²) in [5, 5.41) is 6.48. The number of anilines is 1. The fraction of sp³-hybridized carbons (Fsp3) is 0.704. The number of amides is 1. The standard InChI is InChI=1S/C27H46N6O2/c1-5-7-8-9-10-11-13-23-20-25(32-27(30-23)33-18-17-28-21-33)31-24(15-14-22(3)4)26(34)29-16-12-19-35-6-2/h17-18,20-22,24H,5-16,19H2,1-4H3,(H,29,34)(H,30,31,32). The molecule has 2 aromatic heterocycles. The summed E-state index contributed by atoms with van der Waals surface area (Å²) >= 11 is 0. The van der Waals surface area contributed by atoms with Gasteiger partial charge in [-0.15, -0.1) is 0 Å². The van der Waals surface area contributed by atoms with Crippen LogP contribution in [0.3, 0.4) is 0 Å². The van der Waals surface area contributed by atoms with Crippen molar-refractivity contribution in [2.24, 2.45) is 5.92 Å². The van der Waals surface area contributed by atoms with E-state index in [2.05, 4.69) is 36.4 Å². The van der Waals surface area contributed by atoms with Gasteiger partial charge in [-0.05, 0) is 44.9 Å². The summed E-state index contributed by atoms with van der Waals surface area (Å²) in [6.07, 6.45) is 16.1. The molecule has 1 atom stereocenters. The zero-order valence-corrected chi connectivity index (χ0v) is 22.3. The highest BCUT2D eigenvalue weighted by atomic mass is 16.5. The molecule has 0 saturated heterocycles. The zero-order valence-electron chi connectivity index (χ0n) is 22.3. The van der Waals surface area contributed by atoms with E-state index in [4.69, 9.17) is 14.7 Å². The molecule has 2 N–H and O–H groups in total. The third kappa shape index (κ3) is 11.7. The van der Waals surface area contributed by atoms with Crippen LogP contribution in [0.25, 0.3) is 5.95 Å². The minimum Gasteiger partial charge on any atom is -0.382 e. The Kier molecular flexibility index (Phi) is 14.0. The fourth-order valence-electron chi connectivity index (χ4n) is 3.87. The Labute approximate surface area is 211 Å². The molecule has 1 unspecified atom stereocenters. The third-order valence-electron chi connectivity index (χ3n) is 5.93. The minimum absolute atomic E-state index is 0.00224. The SMILES string of the molecule is CCCCCCCCc1cc(NC(CCC(C)C)C(=O)NCCCOCC)nc(-n2ccnc2)n1. The molecule has 0 fully saturated rings. The fourth-order valence-corrected chi connectivity index (χ4v) is 3.87. The lowest BCUT2D eigenvalue weighted by Gasteiger charge is -2.21. The van der Waals surface area contributed by atoms with Crippen molar-refractivity contribution < 1.29 is 9.53 Å². The molecule has 0 saturated carbocycles. The molecule has 0 aliphatic heterocycles. The summed E-state index contributed by atoms with van der Waals surface area (Å²) in [4.78, 5) is 26.6. The maximum Gasteiger partial charge on any atom is 0.242 e. The van der Waals surface area contributed by atoms with Crippen molar-refractivity contribution in [1.82, 2.24) is 24.8 Å². The van der Waals surface area contributed by atoms with Crippen LogP contribution in [0.2, 0.25) is 0 Å². The van der Waals surface area contributed by atoms with Crippen LogP contribution in [0.15, 0.2) is 24.8 Å². The molecule has 0 bridgehead atoms. The summed E-state index contributed by atoms with van der Waals surface area (Å²) < 4.78 is 7.19. The van der Waals surface area contributed by atoms with Crippen LogP contribution in [0.4, 0.5) is 5.82 Å². The predicted octanol–water partition coefficient (Wildman–Crippen LogP) is 5.32. The first kappa shape index (κ1) is 28.8. The van der Waals surface area contributed by atoms with Crippen LogP contribution in [0, 0.1) is 5.92 Å². The highest BCUT2D eigenvalue weighted by molar-refractivity contribution is 5.84. The van der Waals surface area contributed by atoms with E-state index >= 15 is 0 Å². The summed E-state index contributed by atoms with van der Waals surface area (Å²) in [6, 6.07) is 1.65. The Bertz CT molecular complexity index is 825. The number of aromatic nitrogens is 4. The van der Waals surface area contributed by atoms with E-state index in [0.29, 0.717) is 37.4 Å². The molecule has 2 heterocycles. The van der Waals surface area contributed by atoms with Gasteiger partial charge in [0.25, 0.3) is 0 Å². The van der Waals surface area contributed by atoms with Gasteiger partial charge in [-0.1, -0.05) is 52.9 Å². The molecule has 0 aromatic carbocycles. The van der Waals surface area contributed by atoms with Gasteiger partial charge in [-0.2, -0.15) is 4.98 Å². The van der Waals surface area contributed by atoms with E-state index in [-0.39, 0.29) is 11.9 Å². The monoisotopic (exact) mass is 486 g/mol. The molecule has 0 spiro atoms. The molecule has 8 heteroatoms. The first-order chi connectivity index (χ1) is 17.0. The molecule has 0 aliphatic rings. The van der Waals surface area contributed by atoms with Crippen molar-refractivity contribution in [3.05, 3.63) is 30.5 Å². The maximum absolute atomic E-state index is 13.0. The second kappa shape index (κ2) is 17.0. The first-order valence-electron chi connectivity index (χ1n) is 13.5. The van der Waals surface area contributed by atoms with E-state index in [1.54, 1.807) is 12.5 Å². The third-order valence-corrected chi connectivity index (χ3v) is 5.93. The Morgan fingerprint density at radius 2 is 1.86 bits per heavy atom. The van der Waals surface area contributed by atoms with E-state index in [0.717, 1.165) is 37.8 Å². The topological polar surface area (TPSA) is 94.0 Å². The number of hydrogen-bond donors (Lipinski definition) is 2. The van der Waals surface area contributed by atoms with Gasteiger partial charge in [-0.3, -0.25) is 9.36 Å². The highest BCUT2D eigenvalue weighted by Gasteiger charge is 2.20. The van der Waals surface area contributed by atoms with Crippen molar-refractivity contribution >= 4 is 11.7 Å². The van der Waals surface area contributed by atoms with Crippen LogP contribution in [0.5, 0.6) is 0 Å². The molecule has 0 aliphatic carbocycles. The Morgan fingerprint density at radius 1 is 1.06 bits per heavy atom. The summed E-state index contributed by atoms with van der Waals surface area (Å²) in [7, 11) is 0. The average Bonchev–Trinajstić information content (AvgIpc) is 3.38. The van der Waals surface area contributed by atoms with Crippen molar-refractivity contribution in [1.29, 1.82) is 0 Å². The lowest BCUT2D eigenvalue weighted by molar-refractivity contribution is -0.122. The van der Waals surface area contributed by atoms with Gasteiger partial charge in [0.2, 0.25) is 11.9 Å². The van der Waals surface area contributed by atoms with E-state index in [9.17, 15) is 4.79 Å². The predicted molar refractivity (Wildman–Crippen MR) is 142 cm³/mol. The molecule has 2 rings (SSSR count). The molecular weight excluding hydrogens is 440 g/mol. The number of unbranched alkanes of at least 4 members (excludes halogenated alkanes) is 5. The van der Waals surface area contributed by atoms with Crippen molar-refractivity contribution in [2.45, 2.75) is 97.9 Å². The molecular formula is C27H46N6O2. The molecule has 1 amide bonds. The molecule has 8 nitrogen and oxygen atoms in total. The zero-order chi connectivity index (χ0) is 25.3. The smallest absolute Gasteiger partial charge is 0.242 e. The normalized spacial score (nSPS) is 12.1. The van der Waals surface area contributed by atoms with Gasteiger partial charge in [0.1, 0.15) is 18.2 Å². The molecule has 196 valence electrons. The average molecular weight is 487 g/mol. The number of imidazole rings is 1.